The largest absolute Gasteiger partial charge is 0.342 e. The molecule has 20 heavy (non-hydrogen) atoms. The molecule has 1 aliphatic rings. The molecule has 0 spiro atoms. The van der Waals surface area contributed by atoms with E-state index in [1.54, 1.807) is 12.1 Å². The van der Waals surface area contributed by atoms with Crippen molar-refractivity contribution in [3.05, 3.63) is 33.8 Å². The van der Waals surface area contributed by atoms with Crippen LogP contribution in [0.3, 0.4) is 0 Å². The zero-order valence-electron chi connectivity index (χ0n) is 11.7. The fourth-order valence-corrected chi connectivity index (χ4v) is 2.86. The lowest BCUT2D eigenvalue weighted by atomic mass is 10.1. The number of hydrogen-bond acceptors (Lipinski definition) is 2. The van der Waals surface area contributed by atoms with E-state index in [9.17, 15) is 4.79 Å². The SMILES string of the molecule is CN(C(=O)Cc1ccc(Cl)c(Cl)c1)C1CCCNCC1. The Balaban J connectivity index is 1.97. The van der Waals surface area contributed by atoms with Crippen molar-refractivity contribution in [2.24, 2.45) is 0 Å². The first-order valence-electron chi connectivity index (χ1n) is 6.98. The van der Waals surface area contributed by atoms with Gasteiger partial charge in [-0.3, -0.25) is 4.79 Å². The van der Waals surface area contributed by atoms with Crippen molar-refractivity contribution in [1.29, 1.82) is 0 Å². The Morgan fingerprint density at radius 2 is 2.10 bits per heavy atom. The molecule has 5 heteroatoms. The number of likely N-dealkylation sites (N-methyl/N-ethyl adjacent to an activating group) is 1. The van der Waals surface area contributed by atoms with Crippen LogP contribution in [0.5, 0.6) is 0 Å². The van der Waals surface area contributed by atoms with E-state index < -0.39 is 0 Å². The van der Waals surface area contributed by atoms with Crippen molar-refractivity contribution < 1.29 is 4.79 Å². The van der Waals surface area contributed by atoms with Gasteiger partial charge in [-0.2, -0.15) is 0 Å². The van der Waals surface area contributed by atoms with Gasteiger partial charge in [0.25, 0.3) is 0 Å². The molecule has 0 aromatic heterocycles. The molecule has 0 bridgehead atoms. The van der Waals surface area contributed by atoms with Crippen molar-refractivity contribution >= 4 is 29.1 Å². The molecule has 1 aromatic rings. The van der Waals surface area contributed by atoms with Gasteiger partial charge in [0.1, 0.15) is 0 Å². The molecule has 110 valence electrons. The molecule has 1 fully saturated rings. The lowest BCUT2D eigenvalue weighted by Crippen LogP contribution is -2.38. The van der Waals surface area contributed by atoms with Crippen LogP contribution in [-0.2, 0) is 11.2 Å². The molecule has 1 unspecified atom stereocenters. The van der Waals surface area contributed by atoms with E-state index >= 15 is 0 Å². The van der Waals surface area contributed by atoms with Gasteiger partial charge in [0.15, 0.2) is 0 Å². The van der Waals surface area contributed by atoms with E-state index in [0.717, 1.165) is 37.9 Å². The molecule has 1 saturated heterocycles. The Morgan fingerprint density at radius 3 is 2.85 bits per heavy atom. The second-order valence-electron chi connectivity index (χ2n) is 5.26. The summed E-state index contributed by atoms with van der Waals surface area (Å²) in [6, 6.07) is 5.70. The van der Waals surface area contributed by atoms with Crippen LogP contribution in [0.4, 0.5) is 0 Å². The molecule has 1 aliphatic heterocycles. The molecule has 1 amide bonds. The highest BCUT2D eigenvalue weighted by molar-refractivity contribution is 6.42. The Hall–Kier alpha value is -0.770. The van der Waals surface area contributed by atoms with Crippen LogP contribution in [0.2, 0.25) is 10.0 Å². The van der Waals surface area contributed by atoms with Gasteiger partial charge in [0, 0.05) is 13.1 Å². The summed E-state index contributed by atoms with van der Waals surface area (Å²) < 4.78 is 0. The van der Waals surface area contributed by atoms with Crippen LogP contribution >= 0.6 is 23.2 Å². The standard InChI is InChI=1S/C15H20Cl2N2O/c1-19(12-3-2-7-18-8-6-12)15(20)10-11-4-5-13(16)14(17)9-11/h4-5,9,12,18H,2-3,6-8,10H2,1H3. The fraction of sp³-hybridized carbons (Fsp3) is 0.533. The van der Waals surface area contributed by atoms with Gasteiger partial charge in [-0.25, -0.2) is 0 Å². The van der Waals surface area contributed by atoms with Crippen molar-refractivity contribution in [3.8, 4) is 0 Å². The molecular weight excluding hydrogens is 295 g/mol. The van der Waals surface area contributed by atoms with E-state index in [2.05, 4.69) is 5.32 Å². The summed E-state index contributed by atoms with van der Waals surface area (Å²) in [5.74, 6) is 0.135. The van der Waals surface area contributed by atoms with Crippen molar-refractivity contribution in [1.82, 2.24) is 10.2 Å². The van der Waals surface area contributed by atoms with Crippen LogP contribution in [0.1, 0.15) is 24.8 Å². The van der Waals surface area contributed by atoms with Gasteiger partial charge in [0.2, 0.25) is 5.91 Å². The Bertz CT molecular complexity index is 471. The Kier molecular flexibility index (Phi) is 5.70. The number of carbonyl (C=O) groups is 1. The third-order valence-corrected chi connectivity index (χ3v) is 4.56. The second kappa shape index (κ2) is 7.30. The summed E-state index contributed by atoms with van der Waals surface area (Å²) in [7, 11) is 1.90. The zero-order valence-corrected chi connectivity index (χ0v) is 13.2. The van der Waals surface area contributed by atoms with E-state index in [4.69, 9.17) is 23.2 Å². The summed E-state index contributed by atoms with van der Waals surface area (Å²) in [6.07, 6.45) is 3.58. The Labute approximate surface area is 130 Å². The second-order valence-corrected chi connectivity index (χ2v) is 6.08. The zero-order chi connectivity index (χ0) is 14.5. The lowest BCUT2D eigenvalue weighted by Gasteiger charge is -2.27. The molecule has 2 rings (SSSR count). The summed E-state index contributed by atoms with van der Waals surface area (Å²) >= 11 is 11.9. The molecule has 1 atom stereocenters. The quantitative estimate of drug-likeness (QED) is 0.929. The van der Waals surface area contributed by atoms with E-state index in [-0.39, 0.29) is 5.91 Å². The summed E-state index contributed by atoms with van der Waals surface area (Å²) in [4.78, 5) is 14.2. The van der Waals surface area contributed by atoms with Gasteiger partial charge in [0.05, 0.1) is 16.5 Å². The Morgan fingerprint density at radius 1 is 1.30 bits per heavy atom. The summed E-state index contributed by atoms with van der Waals surface area (Å²) in [5.41, 5.74) is 0.906. The maximum Gasteiger partial charge on any atom is 0.226 e. The third-order valence-electron chi connectivity index (χ3n) is 3.83. The third kappa shape index (κ3) is 4.11. The van der Waals surface area contributed by atoms with Crippen molar-refractivity contribution in [2.45, 2.75) is 31.7 Å². The topological polar surface area (TPSA) is 32.3 Å². The lowest BCUT2D eigenvalue weighted by molar-refractivity contribution is -0.131. The van der Waals surface area contributed by atoms with Gasteiger partial charge in [-0.15, -0.1) is 0 Å². The first kappa shape index (κ1) is 15.6. The van der Waals surface area contributed by atoms with Crippen LogP contribution < -0.4 is 5.32 Å². The van der Waals surface area contributed by atoms with Gasteiger partial charge in [-0.1, -0.05) is 29.3 Å². The molecule has 3 nitrogen and oxygen atoms in total. The summed E-state index contributed by atoms with van der Waals surface area (Å²) in [5, 5.41) is 4.38. The molecule has 0 radical (unpaired) electrons. The predicted octanol–water partition coefficient (Wildman–Crippen LogP) is 3.14. The van der Waals surface area contributed by atoms with Crippen LogP contribution in [0, 0.1) is 0 Å². The van der Waals surface area contributed by atoms with Gasteiger partial charge < -0.3 is 10.2 Å². The highest BCUT2D eigenvalue weighted by Gasteiger charge is 2.21. The number of nitrogens with zero attached hydrogens (tertiary/aromatic N) is 1. The minimum Gasteiger partial charge on any atom is -0.342 e. The maximum atomic E-state index is 12.3. The first-order chi connectivity index (χ1) is 9.58. The first-order valence-corrected chi connectivity index (χ1v) is 7.74. The highest BCUT2D eigenvalue weighted by atomic mass is 35.5. The maximum absolute atomic E-state index is 12.3. The molecule has 1 aromatic carbocycles. The van der Waals surface area contributed by atoms with Crippen LogP contribution in [-0.4, -0.2) is 37.0 Å². The average Bonchev–Trinajstić information content (AvgIpc) is 2.71. The summed E-state index contributed by atoms with van der Waals surface area (Å²) in [6.45, 7) is 2.03. The minimum atomic E-state index is 0.135. The molecule has 1 heterocycles. The van der Waals surface area contributed by atoms with Crippen molar-refractivity contribution in [3.63, 3.8) is 0 Å². The number of hydrogen-bond donors (Lipinski definition) is 1. The predicted molar refractivity (Wildman–Crippen MR) is 83.4 cm³/mol. The van der Waals surface area contributed by atoms with E-state index in [1.807, 2.05) is 18.0 Å². The van der Waals surface area contributed by atoms with Gasteiger partial charge >= 0.3 is 0 Å². The molecule has 0 saturated carbocycles. The smallest absolute Gasteiger partial charge is 0.226 e. The number of benzene rings is 1. The number of nitrogens with one attached hydrogen (secondary N) is 1. The van der Waals surface area contributed by atoms with Gasteiger partial charge in [-0.05, 0) is 50.0 Å². The molecular formula is C15H20Cl2N2O. The fourth-order valence-electron chi connectivity index (χ4n) is 2.54. The number of carbonyl (C=O) groups excluding carboxylic acids is 1. The molecule has 1 N–H and O–H groups in total. The van der Waals surface area contributed by atoms with Crippen LogP contribution in [0.15, 0.2) is 18.2 Å². The molecule has 0 aliphatic carbocycles. The van der Waals surface area contributed by atoms with E-state index in [0.29, 0.717) is 22.5 Å². The van der Waals surface area contributed by atoms with Crippen molar-refractivity contribution in [2.75, 3.05) is 20.1 Å². The monoisotopic (exact) mass is 314 g/mol. The number of halogens is 2. The number of rotatable bonds is 3. The normalized spacial score (nSPS) is 19.4. The highest BCUT2D eigenvalue weighted by Crippen LogP contribution is 2.23. The number of amides is 1. The minimum absolute atomic E-state index is 0.135. The van der Waals surface area contributed by atoms with E-state index in [1.165, 1.54) is 0 Å². The average molecular weight is 315 g/mol. The van der Waals surface area contributed by atoms with Crippen LogP contribution in [0.25, 0.3) is 0 Å².